The number of aryl methyl sites for hydroxylation is 1. The second kappa shape index (κ2) is 10.0. The zero-order valence-electron chi connectivity index (χ0n) is 19.0. The molecule has 0 fully saturated rings. The molecule has 0 radical (unpaired) electrons. The number of benzene rings is 2. The van der Waals surface area contributed by atoms with E-state index in [1.54, 1.807) is 50.0 Å². The fourth-order valence-electron chi connectivity index (χ4n) is 3.37. The molecule has 0 aliphatic rings. The van der Waals surface area contributed by atoms with Crippen molar-refractivity contribution in [3.8, 4) is 22.7 Å². The van der Waals surface area contributed by atoms with Gasteiger partial charge in [-0.3, -0.25) is 4.79 Å². The number of esters is 1. The first kappa shape index (κ1) is 22.8. The first-order valence-corrected chi connectivity index (χ1v) is 10.7. The van der Waals surface area contributed by atoms with E-state index in [1.807, 2.05) is 42.5 Å². The van der Waals surface area contributed by atoms with Crippen LogP contribution in [-0.4, -0.2) is 40.0 Å². The number of amides is 1. The molecule has 9 nitrogen and oxygen atoms in total. The zero-order chi connectivity index (χ0) is 24.1. The van der Waals surface area contributed by atoms with Gasteiger partial charge in [0, 0.05) is 17.8 Å². The van der Waals surface area contributed by atoms with Gasteiger partial charge < -0.3 is 19.3 Å². The molecule has 34 heavy (non-hydrogen) atoms. The summed E-state index contributed by atoms with van der Waals surface area (Å²) in [5.41, 5.74) is 2.09. The highest BCUT2D eigenvalue weighted by Gasteiger charge is 2.27. The molecule has 2 aromatic heterocycles. The SMILES string of the molecule is CCC(OC(=O)c1cn(-c2ccccc2)nc1-c1cccc(OC)c1)C(=O)Nc1cc(C)on1. The molecule has 9 heteroatoms. The van der Waals surface area contributed by atoms with E-state index in [2.05, 4.69) is 15.6 Å². The summed E-state index contributed by atoms with van der Waals surface area (Å²) < 4.78 is 17.5. The minimum atomic E-state index is -1.03. The summed E-state index contributed by atoms with van der Waals surface area (Å²) in [4.78, 5) is 25.9. The van der Waals surface area contributed by atoms with Gasteiger partial charge in [0.1, 0.15) is 22.8 Å². The van der Waals surface area contributed by atoms with E-state index < -0.39 is 18.0 Å². The Morgan fingerprint density at radius 3 is 2.59 bits per heavy atom. The van der Waals surface area contributed by atoms with Crippen LogP contribution in [0.25, 0.3) is 16.9 Å². The maximum atomic E-state index is 13.2. The van der Waals surface area contributed by atoms with Crippen molar-refractivity contribution in [3.63, 3.8) is 0 Å². The third kappa shape index (κ3) is 4.98. The maximum absolute atomic E-state index is 13.2. The number of carbonyl (C=O) groups excluding carboxylic acids is 2. The lowest BCUT2D eigenvalue weighted by atomic mass is 10.1. The number of methoxy groups -OCH3 is 1. The Labute approximate surface area is 196 Å². The highest BCUT2D eigenvalue weighted by Crippen LogP contribution is 2.28. The van der Waals surface area contributed by atoms with Crippen molar-refractivity contribution >= 4 is 17.7 Å². The predicted octanol–water partition coefficient (Wildman–Crippen LogP) is 4.42. The summed E-state index contributed by atoms with van der Waals surface area (Å²) in [5.74, 6) is 0.267. The molecule has 1 N–H and O–H groups in total. The van der Waals surface area contributed by atoms with E-state index in [0.29, 0.717) is 22.8 Å². The summed E-state index contributed by atoms with van der Waals surface area (Å²) in [6, 6.07) is 18.2. The van der Waals surface area contributed by atoms with Crippen LogP contribution < -0.4 is 10.1 Å². The number of nitrogens with one attached hydrogen (secondary N) is 1. The Bertz CT molecular complexity index is 1300. The quantitative estimate of drug-likeness (QED) is 0.388. The molecule has 4 rings (SSSR count). The molecule has 1 atom stereocenters. The third-order valence-electron chi connectivity index (χ3n) is 5.09. The van der Waals surface area contributed by atoms with Gasteiger partial charge in [-0.15, -0.1) is 0 Å². The lowest BCUT2D eigenvalue weighted by Crippen LogP contribution is -2.32. The van der Waals surface area contributed by atoms with Crippen molar-refractivity contribution in [2.75, 3.05) is 12.4 Å². The average Bonchev–Trinajstić information content (AvgIpc) is 3.49. The summed E-state index contributed by atoms with van der Waals surface area (Å²) in [6.45, 7) is 3.46. The molecule has 0 spiro atoms. The number of ether oxygens (including phenoxy) is 2. The molecule has 2 aromatic carbocycles. The minimum Gasteiger partial charge on any atom is -0.497 e. The molecule has 1 amide bonds. The van der Waals surface area contributed by atoms with Gasteiger partial charge in [-0.1, -0.05) is 42.4 Å². The van der Waals surface area contributed by atoms with Gasteiger partial charge in [-0.2, -0.15) is 5.10 Å². The van der Waals surface area contributed by atoms with Gasteiger partial charge in [0.05, 0.1) is 12.8 Å². The molecule has 0 saturated carbocycles. The van der Waals surface area contributed by atoms with Gasteiger partial charge in [-0.25, -0.2) is 9.48 Å². The molecule has 4 aromatic rings. The van der Waals surface area contributed by atoms with Crippen LogP contribution in [0.15, 0.2) is 71.4 Å². The highest BCUT2D eigenvalue weighted by atomic mass is 16.5. The molecular formula is C25H24N4O5. The number of hydrogen-bond donors (Lipinski definition) is 1. The lowest BCUT2D eigenvalue weighted by molar-refractivity contribution is -0.124. The molecule has 0 bridgehead atoms. The maximum Gasteiger partial charge on any atom is 0.342 e. The normalized spacial score (nSPS) is 11.6. The summed E-state index contributed by atoms with van der Waals surface area (Å²) >= 11 is 0. The number of aromatic nitrogens is 3. The number of rotatable bonds is 8. The van der Waals surface area contributed by atoms with Crippen LogP contribution in [0, 0.1) is 6.92 Å². The zero-order valence-corrected chi connectivity index (χ0v) is 19.0. The summed E-state index contributed by atoms with van der Waals surface area (Å²) in [6.07, 6.45) is 0.844. The van der Waals surface area contributed by atoms with E-state index in [9.17, 15) is 9.59 Å². The van der Waals surface area contributed by atoms with Crippen molar-refractivity contribution in [1.29, 1.82) is 0 Å². The van der Waals surface area contributed by atoms with Crippen molar-refractivity contribution in [3.05, 3.63) is 78.2 Å². The molecule has 0 aliphatic carbocycles. The number of carbonyl (C=O) groups is 2. The second-order valence-corrected chi connectivity index (χ2v) is 7.52. The largest absolute Gasteiger partial charge is 0.497 e. The van der Waals surface area contributed by atoms with Crippen LogP contribution >= 0.6 is 0 Å². The van der Waals surface area contributed by atoms with Crippen LogP contribution in [0.5, 0.6) is 5.75 Å². The van der Waals surface area contributed by atoms with E-state index in [4.69, 9.17) is 14.0 Å². The molecule has 1 unspecified atom stereocenters. The van der Waals surface area contributed by atoms with E-state index in [-0.39, 0.29) is 17.8 Å². The van der Waals surface area contributed by atoms with Crippen LogP contribution in [0.2, 0.25) is 0 Å². The van der Waals surface area contributed by atoms with E-state index >= 15 is 0 Å². The first-order valence-electron chi connectivity index (χ1n) is 10.7. The number of para-hydroxylation sites is 1. The van der Waals surface area contributed by atoms with Crippen LogP contribution in [0.1, 0.15) is 29.5 Å². The van der Waals surface area contributed by atoms with Crippen molar-refractivity contribution in [1.82, 2.24) is 14.9 Å². The number of hydrogen-bond acceptors (Lipinski definition) is 7. The molecular weight excluding hydrogens is 436 g/mol. The predicted molar refractivity (Wildman–Crippen MR) is 125 cm³/mol. The minimum absolute atomic E-state index is 0.223. The monoisotopic (exact) mass is 460 g/mol. The Morgan fingerprint density at radius 2 is 1.91 bits per heavy atom. The summed E-state index contributed by atoms with van der Waals surface area (Å²) in [7, 11) is 1.57. The lowest BCUT2D eigenvalue weighted by Gasteiger charge is -2.15. The van der Waals surface area contributed by atoms with E-state index in [0.717, 1.165) is 5.69 Å². The fraction of sp³-hybridized carbons (Fsp3) is 0.200. The van der Waals surface area contributed by atoms with Crippen molar-refractivity contribution in [2.24, 2.45) is 0 Å². The summed E-state index contributed by atoms with van der Waals surface area (Å²) in [5, 5.41) is 11.0. The number of anilines is 1. The molecule has 174 valence electrons. The van der Waals surface area contributed by atoms with Crippen LogP contribution in [0.4, 0.5) is 5.82 Å². The Morgan fingerprint density at radius 1 is 1.12 bits per heavy atom. The Kier molecular flexibility index (Phi) is 6.72. The fourth-order valence-corrected chi connectivity index (χ4v) is 3.37. The Balaban J connectivity index is 1.64. The molecule has 0 saturated heterocycles. The topological polar surface area (TPSA) is 108 Å². The van der Waals surface area contributed by atoms with Crippen molar-refractivity contribution < 1.29 is 23.6 Å². The van der Waals surface area contributed by atoms with Crippen LogP contribution in [-0.2, 0) is 9.53 Å². The van der Waals surface area contributed by atoms with Crippen LogP contribution in [0.3, 0.4) is 0 Å². The first-order chi connectivity index (χ1) is 16.5. The van der Waals surface area contributed by atoms with Crippen molar-refractivity contribution in [2.45, 2.75) is 26.4 Å². The highest BCUT2D eigenvalue weighted by molar-refractivity contribution is 5.99. The van der Waals surface area contributed by atoms with Gasteiger partial charge in [0.2, 0.25) is 0 Å². The standard InChI is InChI=1S/C25H24N4O5/c1-4-21(24(30)26-22-13-16(2)34-28-22)33-25(31)20-15-29(18-10-6-5-7-11-18)27-23(20)17-9-8-12-19(14-17)32-3/h5-15,21H,4H2,1-3H3,(H,26,28,30). The van der Waals surface area contributed by atoms with Gasteiger partial charge >= 0.3 is 5.97 Å². The molecule has 0 aliphatic heterocycles. The van der Waals surface area contributed by atoms with E-state index in [1.165, 1.54) is 0 Å². The van der Waals surface area contributed by atoms with Gasteiger partial charge in [0.25, 0.3) is 5.91 Å². The molecule has 2 heterocycles. The number of nitrogens with zero attached hydrogens (tertiary/aromatic N) is 3. The third-order valence-corrected chi connectivity index (χ3v) is 5.09. The smallest absolute Gasteiger partial charge is 0.342 e. The average molecular weight is 460 g/mol. The van der Waals surface area contributed by atoms with Gasteiger partial charge in [-0.05, 0) is 37.6 Å². The van der Waals surface area contributed by atoms with Gasteiger partial charge in [0.15, 0.2) is 11.9 Å². The second-order valence-electron chi connectivity index (χ2n) is 7.52. The Hall–Kier alpha value is -4.40.